The molecule has 0 unspecified atom stereocenters. The molecule has 0 aliphatic heterocycles. The minimum atomic E-state index is 0.636. The first-order valence-corrected chi connectivity index (χ1v) is 4.01. The lowest BCUT2D eigenvalue weighted by Gasteiger charge is -1.92. The number of nitriles is 1. The SMILES string of the molecule is Cc1[nH]c2c(C#N)cccc2c1N. The predicted molar refractivity (Wildman–Crippen MR) is 52.2 cm³/mol. The number of H-pyrrole nitrogens is 1. The summed E-state index contributed by atoms with van der Waals surface area (Å²) in [6.45, 7) is 1.90. The van der Waals surface area contributed by atoms with Gasteiger partial charge in [-0.1, -0.05) is 12.1 Å². The number of nitrogens with one attached hydrogen (secondary N) is 1. The minimum absolute atomic E-state index is 0.636. The molecule has 2 rings (SSSR count). The summed E-state index contributed by atoms with van der Waals surface area (Å²) in [6.07, 6.45) is 0. The number of hydrogen-bond acceptors (Lipinski definition) is 2. The highest BCUT2D eigenvalue weighted by Gasteiger charge is 2.07. The molecule has 0 saturated carbocycles. The molecule has 1 aromatic heterocycles. The Morgan fingerprint density at radius 1 is 1.46 bits per heavy atom. The molecule has 3 N–H and O–H groups in total. The van der Waals surface area contributed by atoms with E-state index in [-0.39, 0.29) is 0 Å². The van der Waals surface area contributed by atoms with Gasteiger partial charge in [-0.3, -0.25) is 0 Å². The number of hydrogen-bond donors (Lipinski definition) is 2. The molecular formula is C10H9N3. The number of fused-ring (bicyclic) bond motifs is 1. The number of aryl methyl sites for hydroxylation is 1. The first kappa shape index (κ1) is 7.69. The summed E-state index contributed by atoms with van der Waals surface area (Å²) in [6, 6.07) is 7.65. The van der Waals surface area contributed by atoms with Crippen molar-refractivity contribution in [2.45, 2.75) is 6.92 Å². The minimum Gasteiger partial charge on any atom is -0.397 e. The summed E-state index contributed by atoms with van der Waals surface area (Å²) in [7, 11) is 0. The van der Waals surface area contributed by atoms with Crippen LogP contribution < -0.4 is 5.73 Å². The zero-order valence-corrected chi connectivity index (χ0v) is 7.26. The fourth-order valence-corrected chi connectivity index (χ4v) is 1.46. The highest BCUT2D eigenvalue weighted by Crippen LogP contribution is 2.26. The summed E-state index contributed by atoms with van der Waals surface area (Å²) in [5.41, 5.74) is 8.93. The fraction of sp³-hybridized carbons (Fsp3) is 0.100. The van der Waals surface area contributed by atoms with E-state index < -0.39 is 0 Å². The third-order valence-corrected chi connectivity index (χ3v) is 2.19. The van der Waals surface area contributed by atoms with Crippen molar-refractivity contribution < 1.29 is 0 Å². The maximum Gasteiger partial charge on any atom is 0.101 e. The number of aromatic nitrogens is 1. The Bertz CT molecular complexity index is 503. The van der Waals surface area contributed by atoms with E-state index in [1.807, 2.05) is 19.1 Å². The van der Waals surface area contributed by atoms with Crippen LogP contribution in [0.25, 0.3) is 10.9 Å². The molecule has 0 aliphatic carbocycles. The van der Waals surface area contributed by atoms with E-state index in [0.717, 1.165) is 22.3 Å². The Kier molecular flexibility index (Phi) is 1.49. The molecule has 3 nitrogen and oxygen atoms in total. The van der Waals surface area contributed by atoms with Crippen molar-refractivity contribution in [2.24, 2.45) is 0 Å². The van der Waals surface area contributed by atoms with Gasteiger partial charge in [-0.25, -0.2) is 0 Å². The van der Waals surface area contributed by atoms with Crippen LogP contribution in [0.15, 0.2) is 18.2 Å². The van der Waals surface area contributed by atoms with Gasteiger partial charge in [0.25, 0.3) is 0 Å². The normalized spacial score (nSPS) is 10.2. The van der Waals surface area contributed by atoms with Crippen molar-refractivity contribution in [3.05, 3.63) is 29.5 Å². The molecule has 0 amide bonds. The van der Waals surface area contributed by atoms with Gasteiger partial charge in [0.05, 0.1) is 16.8 Å². The zero-order chi connectivity index (χ0) is 9.42. The van der Waals surface area contributed by atoms with E-state index in [4.69, 9.17) is 11.0 Å². The van der Waals surface area contributed by atoms with Crippen LogP contribution in [0.4, 0.5) is 5.69 Å². The molecule has 2 aromatic rings. The maximum atomic E-state index is 8.82. The lowest BCUT2D eigenvalue weighted by atomic mass is 10.1. The number of aromatic amines is 1. The summed E-state index contributed by atoms with van der Waals surface area (Å²) >= 11 is 0. The summed E-state index contributed by atoms with van der Waals surface area (Å²) in [4.78, 5) is 3.10. The number of benzene rings is 1. The third kappa shape index (κ3) is 0.960. The van der Waals surface area contributed by atoms with Gasteiger partial charge in [-0.2, -0.15) is 5.26 Å². The summed E-state index contributed by atoms with van der Waals surface area (Å²) in [5, 5.41) is 9.75. The summed E-state index contributed by atoms with van der Waals surface area (Å²) < 4.78 is 0. The first-order chi connectivity index (χ1) is 6.24. The second-order valence-corrected chi connectivity index (χ2v) is 3.00. The Hall–Kier alpha value is -1.95. The number of nitrogens with zero attached hydrogens (tertiary/aromatic N) is 1. The number of para-hydroxylation sites is 1. The van der Waals surface area contributed by atoms with Gasteiger partial charge in [-0.05, 0) is 13.0 Å². The molecule has 0 saturated heterocycles. The van der Waals surface area contributed by atoms with E-state index in [1.54, 1.807) is 6.07 Å². The standard InChI is InChI=1S/C10H9N3/c1-6-9(12)8-4-2-3-7(5-11)10(8)13-6/h2-4,13H,12H2,1H3. The number of anilines is 1. The van der Waals surface area contributed by atoms with Gasteiger partial charge < -0.3 is 10.7 Å². The molecule has 0 atom stereocenters. The fourth-order valence-electron chi connectivity index (χ4n) is 1.46. The molecule has 64 valence electrons. The van der Waals surface area contributed by atoms with Gasteiger partial charge in [0, 0.05) is 11.1 Å². The van der Waals surface area contributed by atoms with Crippen LogP contribution in [0, 0.1) is 18.3 Å². The number of nitrogens with two attached hydrogens (primary N) is 1. The average molecular weight is 171 g/mol. The monoisotopic (exact) mass is 171 g/mol. The maximum absolute atomic E-state index is 8.82. The van der Waals surface area contributed by atoms with E-state index in [0.29, 0.717) is 5.56 Å². The summed E-state index contributed by atoms with van der Waals surface area (Å²) in [5.74, 6) is 0. The second kappa shape index (κ2) is 2.53. The van der Waals surface area contributed by atoms with Crippen LogP contribution in [0.1, 0.15) is 11.3 Å². The van der Waals surface area contributed by atoms with E-state index in [9.17, 15) is 0 Å². The lowest BCUT2D eigenvalue weighted by molar-refractivity contribution is 1.30. The third-order valence-electron chi connectivity index (χ3n) is 2.19. The van der Waals surface area contributed by atoms with Gasteiger partial charge in [0.15, 0.2) is 0 Å². The van der Waals surface area contributed by atoms with Gasteiger partial charge in [0.2, 0.25) is 0 Å². The Balaban J connectivity index is 2.95. The van der Waals surface area contributed by atoms with Gasteiger partial charge in [0.1, 0.15) is 6.07 Å². The molecule has 1 heterocycles. The molecule has 13 heavy (non-hydrogen) atoms. The van der Waals surface area contributed by atoms with Crippen LogP contribution in [0.2, 0.25) is 0 Å². The van der Waals surface area contributed by atoms with Crippen molar-refractivity contribution >= 4 is 16.6 Å². The smallest absolute Gasteiger partial charge is 0.101 e. The predicted octanol–water partition coefficient (Wildman–Crippen LogP) is 1.93. The van der Waals surface area contributed by atoms with Crippen molar-refractivity contribution in [2.75, 3.05) is 5.73 Å². The zero-order valence-electron chi connectivity index (χ0n) is 7.26. The molecule has 3 heteroatoms. The van der Waals surface area contributed by atoms with Gasteiger partial charge >= 0.3 is 0 Å². The Morgan fingerprint density at radius 2 is 2.23 bits per heavy atom. The van der Waals surface area contributed by atoms with E-state index >= 15 is 0 Å². The van der Waals surface area contributed by atoms with Crippen molar-refractivity contribution in [1.82, 2.24) is 4.98 Å². The highest BCUT2D eigenvalue weighted by atomic mass is 14.8. The molecular weight excluding hydrogens is 162 g/mol. The molecule has 0 spiro atoms. The average Bonchev–Trinajstić information content (AvgIpc) is 2.43. The number of rotatable bonds is 0. The molecule has 1 aromatic carbocycles. The number of nitrogen functional groups attached to an aromatic ring is 1. The topological polar surface area (TPSA) is 65.6 Å². The quantitative estimate of drug-likeness (QED) is 0.636. The van der Waals surface area contributed by atoms with Crippen LogP contribution >= 0.6 is 0 Å². The van der Waals surface area contributed by atoms with Crippen molar-refractivity contribution in [3.8, 4) is 6.07 Å². The van der Waals surface area contributed by atoms with Crippen LogP contribution in [0.5, 0.6) is 0 Å². The van der Waals surface area contributed by atoms with Crippen molar-refractivity contribution in [1.29, 1.82) is 5.26 Å². The first-order valence-electron chi connectivity index (χ1n) is 4.01. The molecule has 0 fully saturated rings. The van der Waals surface area contributed by atoms with Crippen molar-refractivity contribution in [3.63, 3.8) is 0 Å². The second-order valence-electron chi connectivity index (χ2n) is 3.00. The molecule has 0 bridgehead atoms. The van der Waals surface area contributed by atoms with Crippen LogP contribution in [-0.4, -0.2) is 4.98 Å². The van der Waals surface area contributed by atoms with Crippen LogP contribution in [-0.2, 0) is 0 Å². The van der Waals surface area contributed by atoms with E-state index in [1.165, 1.54) is 0 Å². The van der Waals surface area contributed by atoms with Crippen LogP contribution in [0.3, 0.4) is 0 Å². The van der Waals surface area contributed by atoms with E-state index in [2.05, 4.69) is 11.1 Å². The largest absolute Gasteiger partial charge is 0.397 e. The molecule has 0 radical (unpaired) electrons. The molecule has 0 aliphatic rings. The lowest BCUT2D eigenvalue weighted by Crippen LogP contribution is -1.84. The van der Waals surface area contributed by atoms with Gasteiger partial charge in [-0.15, -0.1) is 0 Å². The Morgan fingerprint density at radius 3 is 2.92 bits per heavy atom. The Labute approximate surface area is 75.8 Å². The highest BCUT2D eigenvalue weighted by molar-refractivity contribution is 5.96.